The number of fused-ring (bicyclic) bond motifs is 1. The summed E-state index contributed by atoms with van der Waals surface area (Å²) in [6, 6.07) is 16.3. The molecule has 1 heterocycles. The lowest BCUT2D eigenvalue weighted by molar-refractivity contribution is 0.277. The van der Waals surface area contributed by atoms with Crippen molar-refractivity contribution in [2.75, 3.05) is 6.61 Å². The lowest BCUT2D eigenvalue weighted by Gasteiger charge is -2.26. The predicted octanol–water partition coefficient (Wildman–Crippen LogP) is 4.25. The van der Waals surface area contributed by atoms with Gasteiger partial charge in [-0.3, -0.25) is 0 Å². The van der Waals surface area contributed by atoms with E-state index in [0.29, 0.717) is 5.92 Å². The zero-order valence-corrected chi connectivity index (χ0v) is 10.2. The van der Waals surface area contributed by atoms with Crippen molar-refractivity contribution < 1.29 is 4.74 Å². The van der Waals surface area contributed by atoms with Gasteiger partial charge in [0.25, 0.3) is 0 Å². The van der Waals surface area contributed by atoms with E-state index in [9.17, 15) is 0 Å². The van der Waals surface area contributed by atoms with Crippen molar-refractivity contribution in [2.24, 2.45) is 0 Å². The highest BCUT2D eigenvalue weighted by molar-refractivity contribution is 6.31. The summed E-state index contributed by atoms with van der Waals surface area (Å²) in [5.41, 5.74) is 2.44. The first kappa shape index (κ1) is 10.7. The van der Waals surface area contributed by atoms with Crippen molar-refractivity contribution in [2.45, 2.75) is 12.3 Å². The third-order valence-corrected chi connectivity index (χ3v) is 3.58. The molecule has 3 rings (SSSR count). The maximum absolute atomic E-state index is 6.28. The quantitative estimate of drug-likeness (QED) is 0.729. The van der Waals surface area contributed by atoms with Gasteiger partial charge in [-0.05, 0) is 24.1 Å². The molecule has 1 aliphatic rings. The standard InChI is InChI=1S/C15H13ClO/c16-14-7-3-1-5-12(14)11-9-10-17-15-8-4-2-6-13(11)15/h1-8,11H,9-10H2. The second-order valence-electron chi connectivity index (χ2n) is 4.25. The van der Waals surface area contributed by atoms with Crippen LogP contribution in [0.25, 0.3) is 0 Å². The van der Waals surface area contributed by atoms with E-state index in [1.54, 1.807) is 0 Å². The van der Waals surface area contributed by atoms with Crippen molar-refractivity contribution >= 4 is 11.6 Å². The highest BCUT2D eigenvalue weighted by Gasteiger charge is 2.23. The minimum absolute atomic E-state index is 0.355. The second kappa shape index (κ2) is 4.42. The molecule has 0 saturated heterocycles. The van der Waals surface area contributed by atoms with Crippen LogP contribution in [0, 0.1) is 0 Å². The van der Waals surface area contributed by atoms with Crippen molar-refractivity contribution in [3.63, 3.8) is 0 Å². The zero-order valence-electron chi connectivity index (χ0n) is 9.40. The highest BCUT2D eigenvalue weighted by atomic mass is 35.5. The first-order valence-electron chi connectivity index (χ1n) is 5.82. The fourth-order valence-electron chi connectivity index (χ4n) is 2.42. The number of ether oxygens (including phenoxy) is 1. The lowest BCUT2D eigenvalue weighted by atomic mass is 9.87. The van der Waals surface area contributed by atoms with Gasteiger partial charge in [-0.25, -0.2) is 0 Å². The molecule has 1 atom stereocenters. The molecule has 17 heavy (non-hydrogen) atoms. The van der Waals surface area contributed by atoms with E-state index in [0.717, 1.165) is 23.8 Å². The summed E-state index contributed by atoms with van der Waals surface area (Å²) in [6.07, 6.45) is 0.987. The van der Waals surface area contributed by atoms with Crippen LogP contribution >= 0.6 is 11.6 Å². The molecule has 0 bridgehead atoms. The Hall–Kier alpha value is -1.47. The van der Waals surface area contributed by atoms with Crippen LogP contribution in [0.1, 0.15) is 23.5 Å². The molecule has 0 spiro atoms. The number of para-hydroxylation sites is 1. The summed E-state index contributed by atoms with van der Waals surface area (Å²) in [4.78, 5) is 0. The van der Waals surface area contributed by atoms with Gasteiger partial charge in [0.15, 0.2) is 0 Å². The molecule has 1 nitrogen and oxygen atoms in total. The van der Waals surface area contributed by atoms with Crippen molar-refractivity contribution in [1.82, 2.24) is 0 Å². The van der Waals surface area contributed by atoms with Gasteiger partial charge < -0.3 is 4.74 Å². The summed E-state index contributed by atoms with van der Waals surface area (Å²) in [6.45, 7) is 0.757. The molecular formula is C15H13ClO. The fraction of sp³-hybridized carbons (Fsp3) is 0.200. The fourth-order valence-corrected chi connectivity index (χ4v) is 2.69. The van der Waals surface area contributed by atoms with E-state index in [-0.39, 0.29) is 0 Å². The molecule has 1 unspecified atom stereocenters. The maximum Gasteiger partial charge on any atom is 0.123 e. The molecular weight excluding hydrogens is 232 g/mol. The number of hydrogen-bond acceptors (Lipinski definition) is 1. The molecule has 0 amide bonds. The van der Waals surface area contributed by atoms with Crippen LogP contribution in [0.2, 0.25) is 5.02 Å². The van der Waals surface area contributed by atoms with E-state index >= 15 is 0 Å². The normalized spacial score (nSPS) is 18.3. The Balaban J connectivity index is 2.09. The summed E-state index contributed by atoms with van der Waals surface area (Å²) < 4.78 is 5.67. The number of rotatable bonds is 1. The molecule has 0 saturated carbocycles. The van der Waals surface area contributed by atoms with Crippen LogP contribution in [-0.2, 0) is 0 Å². The van der Waals surface area contributed by atoms with E-state index in [1.165, 1.54) is 11.1 Å². The van der Waals surface area contributed by atoms with Gasteiger partial charge in [0.1, 0.15) is 5.75 Å². The molecule has 0 radical (unpaired) electrons. The monoisotopic (exact) mass is 244 g/mol. The first-order chi connectivity index (χ1) is 8.36. The highest BCUT2D eigenvalue weighted by Crippen LogP contribution is 2.40. The summed E-state index contributed by atoms with van der Waals surface area (Å²) >= 11 is 6.28. The molecule has 86 valence electrons. The number of benzene rings is 2. The van der Waals surface area contributed by atoms with Gasteiger partial charge in [0.05, 0.1) is 6.61 Å². The van der Waals surface area contributed by atoms with E-state index in [2.05, 4.69) is 18.2 Å². The third-order valence-electron chi connectivity index (χ3n) is 3.24. The molecule has 0 aliphatic carbocycles. The topological polar surface area (TPSA) is 9.23 Å². The molecule has 2 aromatic rings. The SMILES string of the molecule is Clc1ccccc1C1CCOc2ccccc21. The molecule has 0 aromatic heterocycles. The van der Waals surface area contributed by atoms with Crippen LogP contribution in [0.4, 0.5) is 0 Å². The minimum Gasteiger partial charge on any atom is -0.493 e. The van der Waals surface area contributed by atoms with Crippen molar-refractivity contribution in [1.29, 1.82) is 0 Å². The van der Waals surface area contributed by atoms with Crippen LogP contribution < -0.4 is 4.74 Å². The molecule has 0 fully saturated rings. The summed E-state index contributed by atoms with van der Waals surface area (Å²) in [7, 11) is 0. The zero-order chi connectivity index (χ0) is 11.7. The van der Waals surface area contributed by atoms with Crippen LogP contribution in [0.3, 0.4) is 0 Å². The van der Waals surface area contributed by atoms with Gasteiger partial charge >= 0.3 is 0 Å². The smallest absolute Gasteiger partial charge is 0.123 e. The second-order valence-corrected chi connectivity index (χ2v) is 4.66. The van der Waals surface area contributed by atoms with E-state index in [4.69, 9.17) is 16.3 Å². The van der Waals surface area contributed by atoms with Gasteiger partial charge in [-0.15, -0.1) is 0 Å². The largest absolute Gasteiger partial charge is 0.493 e. The van der Waals surface area contributed by atoms with Gasteiger partial charge in [-0.1, -0.05) is 48.0 Å². The molecule has 0 N–H and O–H groups in total. The van der Waals surface area contributed by atoms with E-state index in [1.807, 2.05) is 30.3 Å². The predicted molar refractivity (Wildman–Crippen MR) is 69.8 cm³/mol. The maximum atomic E-state index is 6.28. The molecule has 2 aromatic carbocycles. The van der Waals surface area contributed by atoms with E-state index < -0.39 is 0 Å². The van der Waals surface area contributed by atoms with Crippen molar-refractivity contribution in [3.8, 4) is 5.75 Å². The summed E-state index contributed by atoms with van der Waals surface area (Å²) in [5.74, 6) is 1.34. The van der Waals surface area contributed by atoms with Gasteiger partial charge in [-0.2, -0.15) is 0 Å². The van der Waals surface area contributed by atoms with Gasteiger partial charge in [0.2, 0.25) is 0 Å². The lowest BCUT2D eigenvalue weighted by Crippen LogP contribution is -2.15. The summed E-state index contributed by atoms with van der Waals surface area (Å²) in [5, 5.41) is 0.842. The Morgan fingerprint density at radius 2 is 1.65 bits per heavy atom. The Morgan fingerprint density at radius 1 is 0.941 bits per heavy atom. The molecule has 1 aliphatic heterocycles. The average molecular weight is 245 g/mol. The number of halogens is 1. The average Bonchev–Trinajstić information content (AvgIpc) is 2.39. The minimum atomic E-state index is 0.355. The van der Waals surface area contributed by atoms with Crippen LogP contribution in [0.15, 0.2) is 48.5 Å². The molecule has 2 heteroatoms. The van der Waals surface area contributed by atoms with Crippen LogP contribution in [0.5, 0.6) is 5.75 Å². The Kier molecular flexibility index (Phi) is 2.77. The van der Waals surface area contributed by atoms with Gasteiger partial charge in [0, 0.05) is 16.5 Å². The Labute approximate surface area is 106 Å². The number of hydrogen-bond donors (Lipinski definition) is 0. The van der Waals surface area contributed by atoms with Crippen molar-refractivity contribution in [3.05, 3.63) is 64.7 Å². The first-order valence-corrected chi connectivity index (χ1v) is 6.20. The Bertz CT molecular complexity index is 536. The van der Waals surface area contributed by atoms with Crippen LogP contribution in [-0.4, -0.2) is 6.61 Å². The Morgan fingerprint density at radius 3 is 2.47 bits per heavy atom. The third kappa shape index (κ3) is 1.91.